The Morgan fingerprint density at radius 3 is 2.49 bits per heavy atom. The van der Waals surface area contributed by atoms with Gasteiger partial charge in [-0.15, -0.1) is 11.3 Å². The van der Waals surface area contributed by atoms with E-state index < -0.39 is 17.8 Å². The van der Waals surface area contributed by atoms with Crippen LogP contribution in [-0.2, 0) is 17.7 Å². The lowest BCUT2D eigenvalue weighted by atomic mass is 9.93. The summed E-state index contributed by atoms with van der Waals surface area (Å²) in [6, 6.07) is 15.6. The van der Waals surface area contributed by atoms with Crippen molar-refractivity contribution in [2.75, 3.05) is 25.1 Å². The van der Waals surface area contributed by atoms with Crippen molar-refractivity contribution in [2.45, 2.75) is 31.8 Å². The number of carboxylic acid groups (broad SMARTS) is 1. The molecule has 0 aliphatic carbocycles. The first-order chi connectivity index (χ1) is 20.9. The minimum Gasteiger partial charge on any atom is -0.493 e. The van der Waals surface area contributed by atoms with Crippen LogP contribution in [0.15, 0.2) is 60.0 Å². The summed E-state index contributed by atoms with van der Waals surface area (Å²) in [6.45, 7) is 1.91. The van der Waals surface area contributed by atoms with Gasteiger partial charge >= 0.3 is 5.97 Å². The van der Waals surface area contributed by atoms with E-state index in [0.717, 1.165) is 21.6 Å². The van der Waals surface area contributed by atoms with Crippen LogP contribution in [0.25, 0.3) is 21.6 Å². The van der Waals surface area contributed by atoms with Crippen LogP contribution in [0.1, 0.15) is 55.3 Å². The van der Waals surface area contributed by atoms with Gasteiger partial charge in [-0.2, -0.15) is 0 Å². The number of thiophene rings is 1. The standard InChI is InChI=1S/C32H30N4O6S/c33-17-18-1-3-20(4-2-18)34-30(37)24-15-25-27(42-13-7-19-10-14-43-29(19)25)16-23(24)22-5-6-26(36-28(22)32(39)40)31(38)35-21-8-11-41-12-9-21/h1-6,10,14-16,21H,7-9,11-13,17,33H2,(H,34,37)(H,35,38)(H,39,40). The van der Waals surface area contributed by atoms with E-state index in [2.05, 4.69) is 15.6 Å². The van der Waals surface area contributed by atoms with Crippen molar-refractivity contribution in [3.63, 3.8) is 0 Å². The first-order valence-electron chi connectivity index (χ1n) is 14.0. The minimum absolute atomic E-state index is 0.0205. The van der Waals surface area contributed by atoms with Crippen LogP contribution >= 0.6 is 11.3 Å². The van der Waals surface area contributed by atoms with E-state index in [1.165, 1.54) is 12.1 Å². The van der Waals surface area contributed by atoms with E-state index in [1.54, 1.807) is 35.6 Å². The summed E-state index contributed by atoms with van der Waals surface area (Å²) < 4.78 is 11.4. The number of nitrogens with zero attached hydrogens (tertiary/aromatic N) is 1. The summed E-state index contributed by atoms with van der Waals surface area (Å²) >= 11 is 1.56. The van der Waals surface area contributed by atoms with Crippen molar-refractivity contribution in [3.05, 3.63) is 88.1 Å². The van der Waals surface area contributed by atoms with E-state index >= 15 is 0 Å². The molecule has 0 saturated carbocycles. The Labute approximate surface area is 251 Å². The second-order valence-electron chi connectivity index (χ2n) is 10.4. The predicted molar refractivity (Wildman–Crippen MR) is 163 cm³/mol. The van der Waals surface area contributed by atoms with Gasteiger partial charge in [-0.05, 0) is 71.8 Å². The molecule has 2 aliphatic rings. The molecule has 4 heterocycles. The maximum absolute atomic E-state index is 13.8. The molecule has 4 aromatic rings. The van der Waals surface area contributed by atoms with Gasteiger partial charge in [-0.3, -0.25) is 9.59 Å². The highest BCUT2D eigenvalue weighted by Gasteiger charge is 2.27. The highest BCUT2D eigenvalue weighted by molar-refractivity contribution is 7.13. The number of nitrogens with two attached hydrogens (primary N) is 1. The zero-order valence-electron chi connectivity index (χ0n) is 23.2. The molecule has 11 heteroatoms. The number of hydrogen-bond acceptors (Lipinski definition) is 8. The number of carbonyl (C=O) groups excluding carboxylic acids is 2. The van der Waals surface area contributed by atoms with Gasteiger partial charge in [-0.25, -0.2) is 9.78 Å². The van der Waals surface area contributed by atoms with Crippen molar-refractivity contribution in [2.24, 2.45) is 5.73 Å². The van der Waals surface area contributed by atoms with Crippen molar-refractivity contribution in [3.8, 4) is 27.3 Å². The number of ether oxygens (including phenoxy) is 2. The Morgan fingerprint density at radius 1 is 0.953 bits per heavy atom. The molecule has 2 aromatic heterocycles. The molecule has 2 aromatic carbocycles. The molecule has 0 unspecified atom stereocenters. The summed E-state index contributed by atoms with van der Waals surface area (Å²) in [7, 11) is 0. The molecule has 0 radical (unpaired) electrons. The number of carbonyl (C=O) groups is 3. The topological polar surface area (TPSA) is 153 Å². The average molecular weight is 599 g/mol. The maximum Gasteiger partial charge on any atom is 0.355 e. The van der Waals surface area contributed by atoms with Gasteiger partial charge in [0, 0.05) is 65.0 Å². The first-order valence-corrected chi connectivity index (χ1v) is 14.9. The van der Waals surface area contributed by atoms with Gasteiger partial charge in [0.25, 0.3) is 11.8 Å². The van der Waals surface area contributed by atoms with Crippen LogP contribution in [0.3, 0.4) is 0 Å². The minimum atomic E-state index is -1.32. The van der Waals surface area contributed by atoms with Crippen molar-refractivity contribution in [1.29, 1.82) is 0 Å². The molecule has 0 spiro atoms. The van der Waals surface area contributed by atoms with Gasteiger partial charge < -0.3 is 30.9 Å². The zero-order valence-corrected chi connectivity index (χ0v) is 24.0. The molecule has 6 rings (SSSR count). The lowest BCUT2D eigenvalue weighted by Gasteiger charge is -2.23. The Morgan fingerprint density at radius 2 is 1.74 bits per heavy atom. The molecule has 0 bridgehead atoms. The normalized spacial score (nSPS) is 14.5. The summed E-state index contributed by atoms with van der Waals surface area (Å²) in [5, 5.41) is 18.0. The first kappa shape index (κ1) is 28.5. The van der Waals surface area contributed by atoms with Gasteiger partial charge in [0.15, 0.2) is 5.69 Å². The van der Waals surface area contributed by atoms with Gasteiger partial charge in [0.2, 0.25) is 0 Å². The second-order valence-corrected chi connectivity index (χ2v) is 11.3. The molecule has 0 atom stereocenters. The maximum atomic E-state index is 13.8. The van der Waals surface area contributed by atoms with Gasteiger partial charge in [0.05, 0.1) is 6.61 Å². The number of anilines is 1. The van der Waals surface area contributed by atoms with Crippen LogP contribution in [0.2, 0.25) is 0 Å². The smallest absolute Gasteiger partial charge is 0.355 e. The van der Waals surface area contributed by atoms with E-state index in [-0.39, 0.29) is 28.6 Å². The Hall–Kier alpha value is -4.58. The molecule has 2 amide bonds. The molecule has 2 aliphatic heterocycles. The van der Waals surface area contributed by atoms with E-state index in [9.17, 15) is 19.5 Å². The SMILES string of the molecule is NCc1ccc(NC(=O)c2cc3c(cc2-c2ccc(C(=O)NC4CCOCC4)nc2C(=O)O)OCCc2ccsc2-3)cc1. The fourth-order valence-electron chi connectivity index (χ4n) is 5.32. The molecule has 5 N–H and O–H groups in total. The Balaban J connectivity index is 1.43. The fraction of sp³-hybridized carbons (Fsp3) is 0.250. The number of nitrogens with one attached hydrogen (secondary N) is 2. The zero-order chi connectivity index (χ0) is 29.9. The number of amides is 2. The number of pyridine rings is 1. The lowest BCUT2D eigenvalue weighted by Crippen LogP contribution is -2.39. The quantitative estimate of drug-likeness (QED) is 0.238. The molecule has 43 heavy (non-hydrogen) atoms. The number of carboxylic acids is 1. The summed E-state index contributed by atoms with van der Waals surface area (Å²) in [6.07, 6.45) is 2.05. The summed E-state index contributed by atoms with van der Waals surface area (Å²) in [5.74, 6) is -1.68. The number of aromatic nitrogens is 1. The molecule has 1 fully saturated rings. The van der Waals surface area contributed by atoms with E-state index in [4.69, 9.17) is 15.2 Å². The highest BCUT2D eigenvalue weighted by Crippen LogP contribution is 2.43. The average Bonchev–Trinajstić information content (AvgIpc) is 3.42. The monoisotopic (exact) mass is 598 g/mol. The summed E-state index contributed by atoms with van der Waals surface area (Å²) in [4.78, 5) is 44.6. The fourth-order valence-corrected chi connectivity index (χ4v) is 6.29. The number of aromatic carboxylic acids is 1. The molecule has 220 valence electrons. The van der Waals surface area contributed by atoms with Gasteiger partial charge in [-0.1, -0.05) is 12.1 Å². The largest absolute Gasteiger partial charge is 0.493 e. The van der Waals surface area contributed by atoms with Crippen LogP contribution in [0.5, 0.6) is 5.75 Å². The van der Waals surface area contributed by atoms with Crippen LogP contribution < -0.4 is 21.1 Å². The number of rotatable bonds is 7. The number of hydrogen-bond donors (Lipinski definition) is 4. The Bertz CT molecular complexity index is 1690. The lowest BCUT2D eigenvalue weighted by molar-refractivity contribution is 0.0690. The van der Waals surface area contributed by atoms with E-state index in [1.807, 2.05) is 23.6 Å². The molecule has 1 saturated heterocycles. The second kappa shape index (κ2) is 12.3. The van der Waals surface area contributed by atoms with Crippen molar-refractivity contribution >= 4 is 34.8 Å². The van der Waals surface area contributed by atoms with Crippen LogP contribution in [0, 0.1) is 0 Å². The number of fused-ring (bicyclic) bond motifs is 3. The third kappa shape index (κ3) is 6.00. The van der Waals surface area contributed by atoms with Crippen LogP contribution in [0.4, 0.5) is 5.69 Å². The van der Waals surface area contributed by atoms with Crippen molar-refractivity contribution in [1.82, 2.24) is 10.3 Å². The molecular weight excluding hydrogens is 568 g/mol. The Kier molecular flexibility index (Phi) is 8.19. The summed E-state index contributed by atoms with van der Waals surface area (Å²) in [5.41, 5.74) is 9.48. The van der Waals surface area contributed by atoms with Crippen molar-refractivity contribution < 1.29 is 29.0 Å². The highest BCUT2D eigenvalue weighted by atomic mass is 32.1. The van der Waals surface area contributed by atoms with Gasteiger partial charge in [0.1, 0.15) is 11.4 Å². The third-order valence-corrected chi connectivity index (χ3v) is 8.60. The van der Waals surface area contributed by atoms with Crippen LogP contribution in [-0.4, -0.2) is 53.7 Å². The molecular formula is C32H30N4O6S. The molecule has 10 nitrogen and oxygen atoms in total. The predicted octanol–water partition coefficient (Wildman–Crippen LogP) is 4.73. The number of benzene rings is 2. The third-order valence-electron chi connectivity index (χ3n) is 7.61. The van der Waals surface area contributed by atoms with E-state index in [0.29, 0.717) is 62.6 Å².